The summed E-state index contributed by atoms with van der Waals surface area (Å²) in [6.45, 7) is 5.53. The second-order valence-corrected chi connectivity index (χ2v) is 4.98. The van der Waals surface area contributed by atoms with Gasteiger partial charge >= 0.3 is 0 Å². The Labute approximate surface area is 123 Å². The largest absolute Gasteiger partial charge is 0.379 e. The van der Waals surface area contributed by atoms with E-state index in [1.807, 2.05) is 6.92 Å². The van der Waals surface area contributed by atoms with Crippen molar-refractivity contribution in [3.8, 4) is 0 Å². The number of carbonyl (C=O) groups excluding carboxylic acids is 1. The number of para-hydroxylation sites is 1. The minimum absolute atomic E-state index is 0.0941. The molecule has 0 radical (unpaired) electrons. The first-order valence-corrected chi connectivity index (χ1v) is 6.93. The number of nitro benzene ring substituents is 1. The molecule has 1 atom stereocenters. The maximum Gasteiger partial charge on any atom is 0.282 e. The predicted octanol–water partition coefficient (Wildman–Crippen LogP) is 1.05. The summed E-state index contributed by atoms with van der Waals surface area (Å²) in [6.07, 6.45) is 0. The zero-order valence-corrected chi connectivity index (χ0v) is 11.9. The summed E-state index contributed by atoms with van der Waals surface area (Å²) in [5, 5.41) is 13.7. The van der Waals surface area contributed by atoms with E-state index in [0.717, 1.165) is 13.1 Å². The highest BCUT2D eigenvalue weighted by Gasteiger charge is 2.21. The van der Waals surface area contributed by atoms with Gasteiger partial charge in [-0.3, -0.25) is 19.8 Å². The van der Waals surface area contributed by atoms with Crippen LogP contribution in [0.25, 0.3) is 0 Å². The van der Waals surface area contributed by atoms with E-state index >= 15 is 0 Å². The summed E-state index contributed by atoms with van der Waals surface area (Å²) >= 11 is 0. The van der Waals surface area contributed by atoms with Gasteiger partial charge in [0.15, 0.2) is 0 Å². The molecule has 2 rings (SSSR count). The van der Waals surface area contributed by atoms with Crippen LogP contribution in [0.1, 0.15) is 17.3 Å². The molecule has 7 heteroatoms. The van der Waals surface area contributed by atoms with Gasteiger partial charge in [-0.25, -0.2) is 0 Å². The standard InChI is InChI=1S/C14H19N3O4/c1-11(16-6-8-21-9-7-16)10-15-14(18)12-4-2-3-5-13(12)17(19)20/h2-5,11H,6-10H2,1H3,(H,15,18). The van der Waals surface area contributed by atoms with Gasteiger partial charge in [-0.05, 0) is 13.0 Å². The van der Waals surface area contributed by atoms with Crippen molar-refractivity contribution in [2.75, 3.05) is 32.8 Å². The molecule has 7 nitrogen and oxygen atoms in total. The van der Waals surface area contributed by atoms with E-state index in [0.29, 0.717) is 19.8 Å². The molecule has 0 bridgehead atoms. The van der Waals surface area contributed by atoms with Crippen LogP contribution in [-0.4, -0.2) is 54.6 Å². The third kappa shape index (κ3) is 3.99. The number of carbonyl (C=O) groups is 1. The Hall–Kier alpha value is -1.99. The summed E-state index contributed by atoms with van der Waals surface area (Å²) in [5.74, 6) is -0.414. The molecule has 0 spiro atoms. The molecule has 1 unspecified atom stereocenters. The molecule has 0 aromatic heterocycles. The van der Waals surface area contributed by atoms with Gasteiger partial charge in [0.05, 0.1) is 18.1 Å². The van der Waals surface area contributed by atoms with Crippen LogP contribution in [0, 0.1) is 10.1 Å². The van der Waals surface area contributed by atoms with Crippen LogP contribution in [0.4, 0.5) is 5.69 Å². The molecule has 1 aliphatic rings. The van der Waals surface area contributed by atoms with Crippen molar-refractivity contribution in [3.63, 3.8) is 0 Å². The fraction of sp³-hybridized carbons (Fsp3) is 0.500. The number of hydrogen-bond donors (Lipinski definition) is 1. The predicted molar refractivity (Wildman–Crippen MR) is 77.3 cm³/mol. The van der Waals surface area contributed by atoms with E-state index in [2.05, 4.69) is 10.2 Å². The molecule has 1 aromatic carbocycles. The van der Waals surface area contributed by atoms with Gasteiger partial charge in [0.1, 0.15) is 5.56 Å². The minimum Gasteiger partial charge on any atom is -0.379 e. The summed E-state index contributed by atoms with van der Waals surface area (Å²) < 4.78 is 5.28. The third-order valence-electron chi connectivity index (χ3n) is 3.57. The van der Waals surface area contributed by atoms with Crippen LogP contribution >= 0.6 is 0 Å². The number of amides is 1. The van der Waals surface area contributed by atoms with E-state index in [9.17, 15) is 14.9 Å². The number of hydrogen-bond acceptors (Lipinski definition) is 5. The Morgan fingerprint density at radius 1 is 1.43 bits per heavy atom. The molecular formula is C14H19N3O4. The van der Waals surface area contributed by atoms with Crippen LogP contribution in [-0.2, 0) is 4.74 Å². The van der Waals surface area contributed by atoms with E-state index in [1.165, 1.54) is 12.1 Å². The molecule has 21 heavy (non-hydrogen) atoms. The van der Waals surface area contributed by atoms with Gasteiger partial charge in [-0.1, -0.05) is 12.1 Å². The first kappa shape index (κ1) is 15.4. The van der Waals surface area contributed by atoms with Gasteiger partial charge in [-0.2, -0.15) is 0 Å². The molecule has 1 saturated heterocycles. The Bertz CT molecular complexity index is 515. The first-order valence-electron chi connectivity index (χ1n) is 6.93. The molecule has 1 aliphatic heterocycles. The van der Waals surface area contributed by atoms with E-state index < -0.39 is 10.8 Å². The summed E-state index contributed by atoms with van der Waals surface area (Å²) in [4.78, 5) is 24.7. The lowest BCUT2D eigenvalue weighted by Gasteiger charge is -2.32. The highest BCUT2D eigenvalue weighted by molar-refractivity contribution is 5.98. The Kier molecular flexibility index (Phi) is 5.24. The Morgan fingerprint density at radius 3 is 2.76 bits per heavy atom. The summed E-state index contributed by atoms with van der Waals surface area (Å²) in [6, 6.07) is 6.13. The van der Waals surface area contributed by atoms with Gasteiger partial charge < -0.3 is 10.1 Å². The molecule has 1 heterocycles. The van der Waals surface area contributed by atoms with Gasteiger partial charge in [0.2, 0.25) is 0 Å². The topological polar surface area (TPSA) is 84.7 Å². The van der Waals surface area contributed by atoms with Crippen LogP contribution in [0.2, 0.25) is 0 Å². The fourth-order valence-electron chi connectivity index (χ4n) is 2.31. The average Bonchev–Trinajstić information content (AvgIpc) is 2.53. The highest BCUT2D eigenvalue weighted by Crippen LogP contribution is 2.17. The van der Waals surface area contributed by atoms with Crippen molar-refractivity contribution in [1.29, 1.82) is 0 Å². The van der Waals surface area contributed by atoms with Gasteiger partial charge in [0.25, 0.3) is 11.6 Å². The van der Waals surface area contributed by atoms with E-state index in [-0.39, 0.29) is 17.3 Å². The molecular weight excluding hydrogens is 274 g/mol. The summed E-state index contributed by atoms with van der Waals surface area (Å²) in [7, 11) is 0. The third-order valence-corrected chi connectivity index (χ3v) is 3.57. The van der Waals surface area contributed by atoms with Crippen LogP contribution in [0.3, 0.4) is 0 Å². The first-order chi connectivity index (χ1) is 10.1. The molecule has 1 aromatic rings. The maximum atomic E-state index is 12.1. The second-order valence-electron chi connectivity index (χ2n) is 4.98. The minimum atomic E-state index is -0.541. The van der Waals surface area contributed by atoms with Crippen LogP contribution < -0.4 is 5.32 Å². The number of rotatable bonds is 5. The van der Waals surface area contributed by atoms with Crippen molar-refractivity contribution < 1.29 is 14.5 Å². The normalized spacial score (nSPS) is 17.2. The molecule has 114 valence electrons. The smallest absolute Gasteiger partial charge is 0.282 e. The number of nitrogens with one attached hydrogen (secondary N) is 1. The molecule has 0 aliphatic carbocycles. The highest BCUT2D eigenvalue weighted by atomic mass is 16.6. The molecule has 1 N–H and O–H groups in total. The van der Waals surface area contributed by atoms with E-state index in [1.54, 1.807) is 12.1 Å². The van der Waals surface area contributed by atoms with Crippen LogP contribution in [0.15, 0.2) is 24.3 Å². The van der Waals surface area contributed by atoms with Crippen molar-refractivity contribution in [2.24, 2.45) is 0 Å². The quantitative estimate of drug-likeness (QED) is 0.648. The fourth-order valence-corrected chi connectivity index (χ4v) is 2.31. The number of benzene rings is 1. The van der Waals surface area contributed by atoms with Gasteiger partial charge in [0, 0.05) is 31.7 Å². The van der Waals surface area contributed by atoms with Crippen LogP contribution in [0.5, 0.6) is 0 Å². The van der Waals surface area contributed by atoms with Crippen molar-refractivity contribution in [3.05, 3.63) is 39.9 Å². The van der Waals surface area contributed by atoms with Crippen molar-refractivity contribution in [1.82, 2.24) is 10.2 Å². The number of morpholine rings is 1. The number of nitro groups is 1. The lowest BCUT2D eigenvalue weighted by molar-refractivity contribution is -0.385. The average molecular weight is 293 g/mol. The Morgan fingerprint density at radius 2 is 2.10 bits per heavy atom. The number of ether oxygens (including phenoxy) is 1. The summed E-state index contributed by atoms with van der Waals surface area (Å²) in [5.41, 5.74) is -0.0781. The molecule has 1 fully saturated rings. The molecule has 1 amide bonds. The van der Waals surface area contributed by atoms with Gasteiger partial charge in [-0.15, -0.1) is 0 Å². The zero-order valence-electron chi connectivity index (χ0n) is 11.9. The van der Waals surface area contributed by atoms with E-state index in [4.69, 9.17) is 4.74 Å². The monoisotopic (exact) mass is 293 g/mol. The lowest BCUT2D eigenvalue weighted by atomic mass is 10.1. The SMILES string of the molecule is CC(CNC(=O)c1ccccc1[N+](=O)[O-])N1CCOCC1. The Balaban J connectivity index is 1.94. The zero-order chi connectivity index (χ0) is 15.2. The maximum absolute atomic E-state index is 12.1. The van der Waals surface area contributed by atoms with Crippen molar-refractivity contribution in [2.45, 2.75) is 13.0 Å². The number of nitrogens with zero attached hydrogens (tertiary/aromatic N) is 2. The molecule has 0 saturated carbocycles. The second kappa shape index (κ2) is 7.14. The lowest BCUT2D eigenvalue weighted by Crippen LogP contribution is -2.47. The van der Waals surface area contributed by atoms with Crippen molar-refractivity contribution >= 4 is 11.6 Å².